The highest BCUT2D eigenvalue weighted by molar-refractivity contribution is 6.05. The van der Waals surface area contributed by atoms with E-state index in [4.69, 9.17) is 0 Å². The van der Waals surface area contributed by atoms with Gasteiger partial charge >= 0.3 is 6.36 Å². The van der Waals surface area contributed by atoms with Crippen molar-refractivity contribution in [2.24, 2.45) is 0 Å². The molecule has 1 aliphatic heterocycles. The molecule has 0 spiro atoms. The maximum Gasteiger partial charge on any atom is 0.573 e. The molecule has 1 fully saturated rings. The molecule has 0 saturated carbocycles. The van der Waals surface area contributed by atoms with E-state index in [1.807, 2.05) is 0 Å². The number of benzene rings is 1. The van der Waals surface area contributed by atoms with Crippen LogP contribution in [0.15, 0.2) is 48.9 Å². The molecule has 10 heteroatoms. The van der Waals surface area contributed by atoms with Crippen LogP contribution in [0.4, 0.5) is 24.7 Å². The average Bonchev–Trinajstić information content (AvgIpc) is 3.42. The van der Waals surface area contributed by atoms with E-state index in [0.29, 0.717) is 22.6 Å². The van der Waals surface area contributed by atoms with Crippen LogP contribution >= 0.6 is 0 Å². The summed E-state index contributed by atoms with van der Waals surface area (Å²) < 4.78 is 40.6. The topological polar surface area (TPSA) is 83.1 Å². The average molecular weight is 417 g/mol. The van der Waals surface area contributed by atoms with Gasteiger partial charge in [0, 0.05) is 37.4 Å². The molecule has 0 atom stereocenters. The molecule has 0 aliphatic carbocycles. The molecule has 4 rings (SSSR count). The minimum absolute atomic E-state index is 0.306. The van der Waals surface area contributed by atoms with Gasteiger partial charge in [0.05, 0.1) is 11.1 Å². The summed E-state index contributed by atoms with van der Waals surface area (Å²) >= 11 is 0. The van der Waals surface area contributed by atoms with Crippen molar-refractivity contribution in [1.82, 2.24) is 15.0 Å². The minimum atomic E-state index is -4.77. The molecular weight excluding hydrogens is 399 g/mol. The number of pyridine rings is 1. The third-order valence-electron chi connectivity index (χ3n) is 4.63. The van der Waals surface area contributed by atoms with Crippen molar-refractivity contribution in [3.05, 3.63) is 54.5 Å². The van der Waals surface area contributed by atoms with Crippen molar-refractivity contribution in [3.8, 4) is 17.1 Å². The SMILES string of the molecule is O=C(Nc1ccc(OC(F)(F)F)cc1)c1cnc(N2CCCC2)c(-c2ncc[nH]2)c1. The summed E-state index contributed by atoms with van der Waals surface area (Å²) in [5.41, 5.74) is 1.35. The van der Waals surface area contributed by atoms with Gasteiger partial charge < -0.3 is 19.9 Å². The zero-order valence-electron chi connectivity index (χ0n) is 15.7. The first-order chi connectivity index (χ1) is 14.4. The van der Waals surface area contributed by atoms with Crippen LogP contribution in [0.5, 0.6) is 5.75 Å². The van der Waals surface area contributed by atoms with Crippen molar-refractivity contribution in [3.63, 3.8) is 0 Å². The Morgan fingerprint density at radius 1 is 1.13 bits per heavy atom. The van der Waals surface area contributed by atoms with E-state index in [1.165, 1.54) is 18.3 Å². The molecule has 1 amide bonds. The number of nitrogens with zero attached hydrogens (tertiary/aromatic N) is 3. The molecule has 1 saturated heterocycles. The third-order valence-corrected chi connectivity index (χ3v) is 4.63. The second-order valence-corrected chi connectivity index (χ2v) is 6.75. The van der Waals surface area contributed by atoms with Gasteiger partial charge in [0.25, 0.3) is 5.91 Å². The van der Waals surface area contributed by atoms with Crippen molar-refractivity contribution in [1.29, 1.82) is 0 Å². The molecule has 2 aromatic heterocycles. The standard InChI is InChI=1S/C20H18F3N5O2/c21-20(22,23)30-15-5-3-14(4-6-15)27-19(29)13-11-16(17-24-7-8-25-17)18(26-12-13)28-9-1-2-10-28/h3-8,11-12H,1-2,9-10H2,(H,24,25)(H,27,29). The van der Waals surface area contributed by atoms with Crippen molar-refractivity contribution in [2.75, 3.05) is 23.3 Å². The Bertz CT molecular complexity index is 1010. The van der Waals surface area contributed by atoms with Crippen LogP contribution in [0.3, 0.4) is 0 Å². The number of carbonyl (C=O) groups is 1. The largest absolute Gasteiger partial charge is 0.573 e. The number of nitrogens with one attached hydrogen (secondary N) is 2. The van der Waals surface area contributed by atoms with E-state index in [0.717, 1.165) is 43.9 Å². The second-order valence-electron chi connectivity index (χ2n) is 6.75. The Hall–Kier alpha value is -3.56. The highest BCUT2D eigenvalue weighted by Crippen LogP contribution is 2.30. The predicted octanol–water partition coefficient (Wildman–Crippen LogP) is 4.22. The number of hydrogen-bond acceptors (Lipinski definition) is 5. The van der Waals surface area contributed by atoms with Crippen LogP contribution in [0.1, 0.15) is 23.2 Å². The lowest BCUT2D eigenvalue weighted by Gasteiger charge is -2.19. The molecule has 1 aliphatic rings. The summed E-state index contributed by atoms with van der Waals surface area (Å²) in [7, 11) is 0. The fourth-order valence-electron chi connectivity index (χ4n) is 3.29. The Labute approximate surface area is 169 Å². The predicted molar refractivity (Wildman–Crippen MR) is 104 cm³/mol. The fourth-order valence-corrected chi connectivity index (χ4v) is 3.29. The Kier molecular flexibility index (Phi) is 5.30. The number of aromatic amines is 1. The number of H-pyrrole nitrogens is 1. The summed E-state index contributed by atoms with van der Waals surface area (Å²) in [4.78, 5) is 26.6. The maximum absolute atomic E-state index is 12.7. The van der Waals surface area contributed by atoms with E-state index in [-0.39, 0.29) is 5.75 Å². The fraction of sp³-hybridized carbons (Fsp3) is 0.250. The van der Waals surface area contributed by atoms with Crippen molar-refractivity contribution >= 4 is 17.4 Å². The number of amides is 1. The zero-order chi connectivity index (χ0) is 21.1. The van der Waals surface area contributed by atoms with Gasteiger partial charge in [-0.3, -0.25) is 4.79 Å². The van der Waals surface area contributed by atoms with Crippen molar-refractivity contribution in [2.45, 2.75) is 19.2 Å². The maximum atomic E-state index is 12.7. The first-order valence-electron chi connectivity index (χ1n) is 9.31. The van der Waals surface area contributed by atoms with E-state index >= 15 is 0 Å². The number of anilines is 2. The first kappa shape index (κ1) is 19.7. The molecule has 156 valence electrons. The van der Waals surface area contributed by atoms with Gasteiger partial charge in [-0.1, -0.05) is 0 Å². The van der Waals surface area contributed by atoms with Gasteiger partial charge in [0.15, 0.2) is 0 Å². The Balaban J connectivity index is 1.55. The molecule has 2 N–H and O–H groups in total. The van der Waals surface area contributed by atoms with Crippen LogP contribution in [0.2, 0.25) is 0 Å². The van der Waals surface area contributed by atoms with Gasteiger partial charge in [0.1, 0.15) is 17.4 Å². The van der Waals surface area contributed by atoms with E-state index < -0.39 is 12.3 Å². The van der Waals surface area contributed by atoms with E-state index in [1.54, 1.807) is 18.5 Å². The van der Waals surface area contributed by atoms with Gasteiger partial charge in [-0.2, -0.15) is 0 Å². The molecular formula is C20H18F3N5O2. The summed E-state index contributed by atoms with van der Waals surface area (Å²) in [6, 6.07) is 6.63. The summed E-state index contributed by atoms with van der Waals surface area (Å²) in [6.45, 7) is 1.77. The van der Waals surface area contributed by atoms with Gasteiger partial charge in [-0.15, -0.1) is 13.2 Å². The number of halogens is 3. The molecule has 0 unspecified atom stereocenters. The molecule has 7 nitrogen and oxygen atoms in total. The van der Waals surface area contributed by atoms with Crippen LogP contribution < -0.4 is 15.0 Å². The number of aromatic nitrogens is 3. The quantitative estimate of drug-likeness (QED) is 0.650. The second kappa shape index (κ2) is 8.05. The lowest BCUT2D eigenvalue weighted by atomic mass is 10.1. The molecule has 3 heterocycles. The monoisotopic (exact) mass is 417 g/mol. The van der Waals surface area contributed by atoms with Crippen molar-refractivity contribution < 1.29 is 22.7 Å². The highest BCUT2D eigenvalue weighted by atomic mass is 19.4. The number of ether oxygens (including phenoxy) is 1. The number of alkyl halides is 3. The molecule has 0 radical (unpaired) electrons. The Morgan fingerprint density at radius 3 is 2.50 bits per heavy atom. The van der Waals surface area contributed by atoms with Crippen LogP contribution in [-0.4, -0.2) is 40.3 Å². The lowest BCUT2D eigenvalue weighted by molar-refractivity contribution is -0.274. The van der Waals surface area contributed by atoms with E-state index in [2.05, 4.69) is 29.9 Å². The highest BCUT2D eigenvalue weighted by Gasteiger charge is 2.31. The summed E-state index contributed by atoms with van der Waals surface area (Å²) in [6.07, 6.45) is 2.19. The number of hydrogen-bond donors (Lipinski definition) is 2. The number of rotatable bonds is 5. The number of imidazole rings is 1. The smallest absolute Gasteiger partial charge is 0.406 e. The van der Waals surface area contributed by atoms with Gasteiger partial charge in [-0.05, 0) is 43.2 Å². The summed E-state index contributed by atoms with van der Waals surface area (Å²) in [5.74, 6) is 0.561. The lowest BCUT2D eigenvalue weighted by Crippen LogP contribution is -2.21. The molecule has 0 bridgehead atoms. The van der Waals surface area contributed by atoms with Crippen LogP contribution in [0, 0.1) is 0 Å². The first-order valence-corrected chi connectivity index (χ1v) is 9.31. The molecule has 3 aromatic rings. The number of carbonyl (C=O) groups excluding carboxylic acids is 1. The third kappa shape index (κ3) is 4.53. The normalized spacial score (nSPS) is 14.0. The van der Waals surface area contributed by atoms with Gasteiger partial charge in [0.2, 0.25) is 0 Å². The van der Waals surface area contributed by atoms with Gasteiger partial charge in [-0.25, -0.2) is 9.97 Å². The van der Waals surface area contributed by atoms with E-state index in [9.17, 15) is 18.0 Å². The Morgan fingerprint density at radius 2 is 1.87 bits per heavy atom. The molecule has 1 aromatic carbocycles. The van der Waals surface area contributed by atoms with Crippen LogP contribution in [0.25, 0.3) is 11.4 Å². The molecule has 30 heavy (non-hydrogen) atoms. The van der Waals surface area contributed by atoms with Crippen LogP contribution in [-0.2, 0) is 0 Å². The minimum Gasteiger partial charge on any atom is -0.406 e. The summed E-state index contributed by atoms with van der Waals surface area (Å²) in [5, 5.41) is 2.65. The zero-order valence-corrected chi connectivity index (χ0v) is 15.7.